The maximum absolute atomic E-state index is 12.1. The first-order chi connectivity index (χ1) is 11.4. The molecule has 1 aromatic rings. The molecule has 2 rings (SSSR count). The van der Waals surface area contributed by atoms with E-state index in [0.29, 0.717) is 5.92 Å². The predicted octanol–water partition coefficient (Wildman–Crippen LogP) is 2.24. The van der Waals surface area contributed by atoms with Crippen LogP contribution in [0.1, 0.15) is 63.0 Å². The molecule has 6 nitrogen and oxygen atoms in total. The Labute approximate surface area is 146 Å². The molecule has 0 fully saturated rings. The average Bonchev–Trinajstić information content (AvgIpc) is 2.75. The summed E-state index contributed by atoms with van der Waals surface area (Å²) in [4.78, 5) is 22.6. The van der Waals surface area contributed by atoms with E-state index < -0.39 is 0 Å². The summed E-state index contributed by atoms with van der Waals surface area (Å²) in [5, 5.41) is 0. The normalized spacial score (nSPS) is 14.4. The monoisotopic (exact) mass is 338 g/mol. The molecule has 0 aliphatic carbocycles. The number of benzene rings is 1. The summed E-state index contributed by atoms with van der Waals surface area (Å²) < 4.78 is 0. The smallest absolute Gasteiger partial charge is 0.254 e. The molecule has 1 aliphatic heterocycles. The average molecular weight is 338 g/mol. The Balaban J connectivity index is 0. The molecule has 1 atom stereocenters. The van der Waals surface area contributed by atoms with Crippen LogP contribution >= 0.6 is 0 Å². The number of carbonyl (C=O) groups is 2. The first-order valence-corrected chi connectivity index (χ1v) is 8.31. The van der Waals surface area contributed by atoms with Crippen molar-refractivity contribution in [3.63, 3.8) is 0 Å². The van der Waals surface area contributed by atoms with E-state index in [4.69, 9.17) is 4.79 Å². The molecule has 6 heteroatoms. The number of primary amides is 1. The highest BCUT2D eigenvalue weighted by Gasteiger charge is 2.33. The van der Waals surface area contributed by atoms with Crippen molar-refractivity contribution in [2.75, 3.05) is 13.2 Å². The van der Waals surface area contributed by atoms with E-state index in [1.807, 2.05) is 23.1 Å². The maximum Gasteiger partial charge on any atom is 0.254 e. The van der Waals surface area contributed by atoms with E-state index >= 15 is 0 Å². The van der Waals surface area contributed by atoms with Gasteiger partial charge in [-0.1, -0.05) is 52.3 Å². The van der Waals surface area contributed by atoms with Crippen LogP contribution < -0.4 is 17.2 Å². The van der Waals surface area contributed by atoms with Gasteiger partial charge in [-0.2, -0.15) is 0 Å². The molecule has 0 saturated carbocycles. The van der Waals surface area contributed by atoms with Crippen LogP contribution in [0.4, 0.5) is 0 Å². The lowest BCUT2D eigenvalue weighted by atomic mass is 10.1. The largest absolute Gasteiger partial charge is 0.372 e. The molecular formula is C18H34N4O2. The Bertz CT molecular complexity index is 462. The van der Waals surface area contributed by atoms with Gasteiger partial charge in [-0.25, -0.2) is 0 Å². The van der Waals surface area contributed by atoms with Gasteiger partial charge >= 0.3 is 0 Å². The van der Waals surface area contributed by atoms with Gasteiger partial charge in [-0.05, 0) is 24.5 Å². The summed E-state index contributed by atoms with van der Waals surface area (Å²) in [5.74, 6) is 0.706. The lowest BCUT2D eigenvalue weighted by molar-refractivity contribution is -0.106. The first-order valence-electron chi connectivity index (χ1n) is 8.31. The van der Waals surface area contributed by atoms with Gasteiger partial charge in [0.1, 0.15) is 0 Å². The Hall–Kier alpha value is -1.92. The Morgan fingerprint density at radius 2 is 1.62 bits per heavy atom. The van der Waals surface area contributed by atoms with Crippen LogP contribution in [-0.2, 0) is 4.79 Å². The number of fused-ring (bicyclic) bond motifs is 1. The molecule has 0 bridgehead atoms. The fraction of sp³-hybridized carbons (Fsp3) is 0.556. The molecule has 1 aliphatic rings. The zero-order valence-corrected chi connectivity index (χ0v) is 15.7. The van der Waals surface area contributed by atoms with Crippen LogP contribution in [0.15, 0.2) is 24.3 Å². The molecular weight excluding hydrogens is 304 g/mol. The minimum atomic E-state index is 0.187. The molecule has 1 unspecified atom stereocenters. The Kier molecular flexibility index (Phi) is 14.9. The maximum atomic E-state index is 12.1. The van der Waals surface area contributed by atoms with Gasteiger partial charge < -0.3 is 22.1 Å². The minimum absolute atomic E-state index is 0.187. The van der Waals surface area contributed by atoms with Crippen molar-refractivity contribution in [2.24, 2.45) is 23.1 Å². The zero-order valence-electron chi connectivity index (χ0n) is 15.7. The number of amides is 2. The number of hydrogen-bond acceptors (Lipinski definition) is 4. The molecule has 2 amide bonds. The highest BCUT2D eigenvalue weighted by molar-refractivity contribution is 5.99. The number of nitrogens with zero attached hydrogens (tertiary/aromatic N) is 1. The molecule has 0 radical (unpaired) electrons. The second kappa shape index (κ2) is 14.7. The molecule has 0 aromatic heterocycles. The van der Waals surface area contributed by atoms with Crippen molar-refractivity contribution in [1.29, 1.82) is 0 Å². The van der Waals surface area contributed by atoms with E-state index in [2.05, 4.69) is 57.9 Å². The molecule has 6 N–H and O–H groups in total. The van der Waals surface area contributed by atoms with Crippen LogP contribution in [0.2, 0.25) is 0 Å². The summed E-state index contributed by atoms with van der Waals surface area (Å²) in [6.07, 6.45) is 1.50. The van der Waals surface area contributed by atoms with Crippen molar-refractivity contribution >= 4 is 12.3 Å². The third-order valence-corrected chi connectivity index (χ3v) is 2.93. The molecule has 0 saturated heterocycles. The summed E-state index contributed by atoms with van der Waals surface area (Å²) in [5.41, 5.74) is 15.5. The summed E-state index contributed by atoms with van der Waals surface area (Å²) in [6, 6.07) is 8.15. The van der Waals surface area contributed by atoms with Gasteiger partial charge in [0.2, 0.25) is 6.41 Å². The van der Waals surface area contributed by atoms with E-state index in [-0.39, 0.29) is 25.0 Å². The SMILES string of the molecule is CC(C)CN1C(=O)c2ccccc2C1C.CCC.NC=O.NCN. The van der Waals surface area contributed by atoms with E-state index in [1.54, 1.807) is 0 Å². The second-order valence-corrected chi connectivity index (χ2v) is 5.69. The van der Waals surface area contributed by atoms with Gasteiger partial charge in [-0.15, -0.1) is 0 Å². The topological polar surface area (TPSA) is 115 Å². The fourth-order valence-electron chi connectivity index (χ4n) is 2.19. The number of carbonyl (C=O) groups excluding carboxylic acids is 2. The summed E-state index contributed by atoms with van der Waals surface area (Å²) >= 11 is 0. The first kappa shape index (κ1) is 24.3. The quantitative estimate of drug-likeness (QED) is 0.566. The van der Waals surface area contributed by atoms with Crippen molar-refractivity contribution in [2.45, 2.75) is 47.1 Å². The van der Waals surface area contributed by atoms with E-state index in [0.717, 1.165) is 12.1 Å². The van der Waals surface area contributed by atoms with Crippen molar-refractivity contribution in [3.8, 4) is 0 Å². The van der Waals surface area contributed by atoms with Gasteiger partial charge in [0.25, 0.3) is 5.91 Å². The van der Waals surface area contributed by atoms with Crippen LogP contribution in [0, 0.1) is 5.92 Å². The third-order valence-electron chi connectivity index (χ3n) is 2.93. The van der Waals surface area contributed by atoms with Gasteiger partial charge in [0, 0.05) is 18.8 Å². The van der Waals surface area contributed by atoms with E-state index in [9.17, 15) is 4.79 Å². The standard InChI is InChI=1S/C13H17NO.C3H8.CH6N2.CH3NO/c1-9(2)8-14-10(3)11-6-4-5-7-12(11)13(14)15;1-3-2;2*2-1-3/h4-7,9-10H,8H2,1-3H3;3H2,1-2H3;1-3H2;1H,(H2,2,3). The second-order valence-electron chi connectivity index (χ2n) is 5.69. The predicted molar refractivity (Wildman–Crippen MR) is 100 cm³/mol. The molecule has 24 heavy (non-hydrogen) atoms. The lowest BCUT2D eigenvalue weighted by Crippen LogP contribution is -2.30. The highest BCUT2D eigenvalue weighted by Crippen LogP contribution is 2.33. The fourth-order valence-corrected chi connectivity index (χ4v) is 2.19. The van der Waals surface area contributed by atoms with Gasteiger partial charge in [-0.3, -0.25) is 9.59 Å². The molecule has 1 heterocycles. The van der Waals surface area contributed by atoms with Crippen molar-refractivity contribution in [3.05, 3.63) is 35.4 Å². The highest BCUT2D eigenvalue weighted by atomic mass is 16.2. The molecule has 0 spiro atoms. The van der Waals surface area contributed by atoms with E-state index in [1.165, 1.54) is 12.0 Å². The van der Waals surface area contributed by atoms with Crippen LogP contribution in [0.5, 0.6) is 0 Å². The van der Waals surface area contributed by atoms with Crippen molar-refractivity contribution < 1.29 is 9.59 Å². The number of rotatable bonds is 2. The van der Waals surface area contributed by atoms with Crippen molar-refractivity contribution in [1.82, 2.24) is 4.90 Å². The summed E-state index contributed by atoms with van der Waals surface area (Å²) in [7, 11) is 0. The number of hydrogen-bond donors (Lipinski definition) is 3. The van der Waals surface area contributed by atoms with Gasteiger partial charge in [0.05, 0.1) is 6.04 Å². The Morgan fingerprint density at radius 3 is 2.00 bits per heavy atom. The summed E-state index contributed by atoms with van der Waals surface area (Å²) in [6.45, 7) is 11.7. The minimum Gasteiger partial charge on any atom is -0.372 e. The van der Waals surface area contributed by atoms with Crippen LogP contribution in [0.25, 0.3) is 0 Å². The van der Waals surface area contributed by atoms with Gasteiger partial charge in [0.15, 0.2) is 0 Å². The van der Waals surface area contributed by atoms with Crippen LogP contribution in [-0.4, -0.2) is 30.4 Å². The van der Waals surface area contributed by atoms with Crippen LogP contribution in [0.3, 0.4) is 0 Å². The molecule has 138 valence electrons. The number of nitrogens with two attached hydrogens (primary N) is 3. The zero-order chi connectivity index (χ0) is 19.1. The third kappa shape index (κ3) is 8.64. The lowest BCUT2D eigenvalue weighted by Gasteiger charge is -2.23. The molecule has 1 aromatic carbocycles. The Morgan fingerprint density at radius 1 is 1.21 bits per heavy atom.